The first-order valence-electron chi connectivity index (χ1n) is 6.93. The Balaban J connectivity index is 1.61. The lowest BCUT2D eigenvalue weighted by molar-refractivity contribution is 0.0926. The number of carbonyl (C=O) groups excluding carboxylic acids is 1. The van der Waals surface area contributed by atoms with Crippen molar-refractivity contribution < 1.29 is 9.21 Å². The van der Waals surface area contributed by atoms with Gasteiger partial charge in [-0.25, -0.2) is 4.98 Å². The normalized spacial score (nSPS) is 10.6. The van der Waals surface area contributed by atoms with Crippen molar-refractivity contribution in [1.29, 1.82) is 0 Å². The van der Waals surface area contributed by atoms with E-state index in [9.17, 15) is 4.79 Å². The second-order valence-corrected chi connectivity index (χ2v) is 5.81. The molecule has 6 heteroatoms. The summed E-state index contributed by atoms with van der Waals surface area (Å²) < 4.78 is 5.05. The minimum Gasteiger partial charge on any atom is -0.459 e. The molecule has 3 aromatic heterocycles. The SMILES string of the molecule is Cc1nc(-c2ccccn2)sc1CCNC(=O)c1ccco1. The van der Waals surface area contributed by atoms with Gasteiger partial charge in [0.05, 0.1) is 17.7 Å². The molecule has 0 aliphatic rings. The van der Waals surface area contributed by atoms with Crippen molar-refractivity contribution in [2.24, 2.45) is 0 Å². The van der Waals surface area contributed by atoms with Crippen LogP contribution in [0.2, 0.25) is 0 Å². The zero-order chi connectivity index (χ0) is 15.4. The minimum atomic E-state index is -0.197. The summed E-state index contributed by atoms with van der Waals surface area (Å²) in [6, 6.07) is 9.12. The van der Waals surface area contributed by atoms with E-state index in [1.54, 1.807) is 29.7 Å². The largest absolute Gasteiger partial charge is 0.459 e. The maximum atomic E-state index is 11.8. The van der Waals surface area contributed by atoms with Gasteiger partial charge in [0, 0.05) is 24.0 Å². The standard InChI is InChI=1S/C16H15N3O2S/c1-11-14(7-9-18-15(20)13-6-4-10-21-13)22-16(19-11)12-5-2-3-8-17-12/h2-6,8,10H,7,9H2,1H3,(H,18,20). The number of nitrogens with zero attached hydrogens (tertiary/aromatic N) is 2. The van der Waals surface area contributed by atoms with Crippen LogP contribution in [0.1, 0.15) is 21.1 Å². The van der Waals surface area contributed by atoms with Gasteiger partial charge in [-0.15, -0.1) is 11.3 Å². The number of carbonyl (C=O) groups is 1. The third-order valence-electron chi connectivity index (χ3n) is 3.16. The fraction of sp³-hybridized carbons (Fsp3) is 0.188. The van der Waals surface area contributed by atoms with E-state index in [1.807, 2.05) is 25.1 Å². The lowest BCUT2D eigenvalue weighted by Gasteiger charge is -2.01. The van der Waals surface area contributed by atoms with Crippen molar-refractivity contribution in [1.82, 2.24) is 15.3 Å². The summed E-state index contributed by atoms with van der Waals surface area (Å²) in [5.41, 5.74) is 1.86. The second kappa shape index (κ2) is 6.53. The van der Waals surface area contributed by atoms with Crippen LogP contribution in [0.15, 0.2) is 47.2 Å². The van der Waals surface area contributed by atoms with Crippen molar-refractivity contribution >= 4 is 17.2 Å². The molecule has 112 valence electrons. The van der Waals surface area contributed by atoms with Gasteiger partial charge in [-0.05, 0) is 31.2 Å². The number of furan rings is 1. The van der Waals surface area contributed by atoms with Crippen LogP contribution < -0.4 is 5.32 Å². The molecule has 3 heterocycles. The summed E-state index contributed by atoms with van der Waals surface area (Å²) in [7, 11) is 0. The van der Waals surface area contributed by atoms with Crippen molar-refractivity contribution in [3.8, 4) is 10.7 Å². The number of hydrogen-bond acceptors (Lipinski definition) is 5. The Hall–Kier alpha value is -2.47. The molecule has 0 fully saturated rings. The zero-order valence-corrected chi connectivity index (χ0v) is 12.9. The average Bonchev–Trinajstić information content (AvgIpc) is 3.18. The van der Waals surface area contributed by atoms with Crippen LogP contribution in [-0.4, -0.2) is 22.4 Å². The van der Waals surface area contributed by atoms with Crippen LogP contribution in [0, 0.1) is 6.92 Å². The highest BCUT2D eigenvalue weighted by Crippen LogP contribution is 2.26. The van der Waals surface area contributed by atoms with Crippen molar-refractivity contribution in [3.63, 3.8) is 0 Å². The average molecular weight is 313 g/mol. The van der Waals surface area contributed by atoms with Crippen LogP contribution in [0.4, 0.5) is 0 Å². The Kier molecular flexibility index (Phi) is 4.29. The Morgan fingerprint density at radius 3 is 2.95 bits per heavy atom. The molecule has 0 bridgehead atoms. The molecule has 0 radical (unpaired) electrons. The number of nitrogens with one attached hydrogen (secondary N) is 1. The summed E-state index contributed by atoms with van der Waals surface area (Å²) in [6.07, 6.45) is 3.99. The van der Waals surface area contributed by atoms with E-state index >= 15 is 0 Å². The quantitative estimate of drug-likeness (QED) is 0.786. The van der Waals surface area contributed by atoms with Gasteiger partial charge in [0.25, 0.3) is 5.91 Å². The summed E-state index contributed by atoms with van der Waals surface area (Å²) >= 11 is 1.61. The lowest BCUT2D eigenvalue weighted by atomic mass is 10.3. The Morgan fingerprint density at radius 1 is 1.32 bits per heavy atom. The van der Waals surface area contributed by atoms with E-state index < -0.39 is 0 Å². The van der Waals surface area contributed by atoms with Crippen LogP contribution in [-0.2, 0) is 6.42 Å². The predicted octanol–water partition coefficient (Wildman–Crippen LogP) is 3.08. The molecule has 3 aromatic rings. The number of pyridine rings is 1. The van der Waals surface area contributed by atoms with Crippen LogP contribution in [0.5, 0.6) is 0 Å². The van der Waals surface area contributed by atoms with Crippen molar-refractivity contribution in [3.05, 3.63) is 59.1 Å². The number of rotatable bonds is 5. The monoisotopic (exact) mass is 313 g/mol. The van der Waals surface area contributed by atoms with Crippen molar-refractivity contribution in [2.45, 2.75) is 13.3 Å². The van der Waals surface area contributed by atoms with Gasteiger partial charge < -0.3 is 9.73 Å². The smallest absolute Gasteiger partial charge is 0.286 e. The van der Waals surface area contributed by atoms with E-state index in [4.69, 9.17) is 4.42 Å². The number of thiazole rings is 1. The van der Waals surface area contributed by atoms with Crippen LogP contribution >= 0.6 is 11.3 Å². The molecule has 0 atom stereocenters. The highest BCUT2D eigenvalue weighted by atomic mass is 32.1. The number of hydrogen-bond donors (Lipinski definition) is 1. The fourth-order valence-corrected chi connectivity index (χ4v) is 3.08. The van der Waals surface area contributed by atoms with Gasteiger partial charge in [0.2, 0.25) is 0 Å². The molecular formula is C16H15N3O2S. The van der Waals surface area contributed by atoms with E-state index in [1.165, 1.54) is 6.26 Å². The maximum Gasteiger partial charge on any atom is 0.286 e. The van der Waals surface area contributed by atoms with E-state index in [-0.39, 0.29) is 5.91 Å². The molecule has 22 heavy (non-hydrogen) atoms. The zero-order valence-electron chi connectivity index (χ0n) is 12.1. The van der Waals surface area contributed by atoms with Gasteiger partial charge in [-0.1, -0.05) is 6.07 Å². The van der Waals surface area contributed by atoms with Gasteiger partial charge >= 0.3 is 0 Å². The van der Waals surface area contributed by atoms with Crippen molar-refractivity contribution in [2.75, 3.05) is 6.54 Å². The van der Waals surface area contributed by atoms with Crippen LogP contribution in [0.25, 0.3) is 10.7 Å². The van der Waals surface area contributed by atoms with Gasteiger partial charge in [0.15, 0.2) is 5.76 Å². The molecular weight excluding hydrogens is 298 g/mol. The second-order valence-electron chi connectivity index (χ2n) is 4.73. The minimum absolute atomic E-state index is 0.197. The molecule has 0 aliphatic heterocycles. The molecule has 0 aromatic carbocycles. The third kappa shape index (κ3) is 3.23. The Morgan fingerprint density at radius 2 is 2.23 bits per heavy atom. The van der Waals surface area contributed by atoms with E-state index in [0.717, 1.165) is 27.7 Å². The first-order valence-corrected chi connectivity index (χ1v) is 7.75. The molecule has 5 nitrogen and oxygen atoms in total. The molecule has 0 unspecified atom stereocenters. The molecule has 0 aliphatic carbocycles. The van der Waals surface area contributed by atoms with Crippen LogP contribution in [0.3, 0.4) is 0 Å². The highest BCUT2D eigenvalue weighted by molar-refractivity contribution is 7.15. The Bertz CT molecular complexity index is 751. The Labute approximate surface area is 132 Å². The molecule has 1 N–H and O–H groups in total. The summed E-state index contributed by atoms with van der Waals surface area (Å²) in [5.74, 6) is 0.132. The number of aryl methyl sites for hydroxylation is 1. The first kappa shape index (κ1) is 14.5. The maximum absolute atomic E-state index is 11.8. The van der Waals surface area contributed by atoms with E-state index in [2.05, 4.69) is 15.3 Å². The van der Waals surface area contributed by atoms with E-state index in [0.29, 0.717) is 12.3 Å². The number of amides is 1. The molecule has 0 spiro atoms. The molecule has 0 saturated heterocycles. The van der Waals surface area contributed by atoms with Gasteiger partial charge in [-0.2, -0.15) is 0 Å². The predicted molar refractivity (Wildman–Crippen MR) is 84.8 cm³/mol. The highest BCUT2D eigenvalue weighted by Gasteiger charge is 2.11. The topological polar surface area (TPSA) is 68.0 Å². The lowest BCUT2D eigenvalue weighted by Crippen LogP contribution is -2.25. The molecule has 3 rings (SSSR count). The molecule has 0 saturated carbocycles. The third-order valence-corrected chi connectivity index (χ3v) is 4.40. The van der Waals surface area contributed by atoms with Gasteiger partial charge in [0.1, 0.15) is 5.01 Å². The summed E-state index contributed by atoms with van der Waals surface area (Å²) in [6.45, 7) is 2.52. The molecule has 1 amide bonds. The van der Waals surface area contributed by atoms with Gasteiger partial charge in [-0.3, -0.25) is 9.78 Å². The first-order chi connectivity index (χ1) is 10.7. The summed E-state index contributed by atoms with van der Waals surface area (Å²) in [5, 5.41) is 3.75. The fourth-order valence-electron chi connectivity index (χ4n) is 2.04. The number of aromatic nitrogens is 2. The summed E-state index contributed by atoms with van der Waals surface area (Å²) in [4.78, 5) is 21.8.